The van der Waals surface area contributed by atoms with E-state index in [0.29, 0.717) is 0 Å². The summed E-state index contributed by atoms with van der Waals surface area (Å²) in [7, 11) is -3.41. The number of nitrogens with one attached hydrogen (secondary N) is 2. The van der Waals surface area contributed by atoms with Gasteiger partial charge in [-0.3, -0.25) is 0 Å². The number of carbonyl (C=O) groups is 1. The second-order valence-electron chi connectivity index (χ2n) is 5.75. The molecular formula is C15H20N6O7S2. The van der Waals surface area contributed by atoms with Crippen molar-refractivity contribution < 1.29 is 31.1 Å². The SMILES string of the molecule is COc1nc(CNC(=O)NS(=O)(=O)c2ccccc2S(=O)(=O)N(C)C)nc(OC)n1. The summed E-state index contributed by atoms with van der Waals surface area (Å²) in [5.74, 6) is 0.0434. The fourth-order valence-electron chi connectivity index (χ4n) is 2.09. The van der Waals surface area contributed by atoms with E-state index in [1.165, 1.54) is 40.4 Å². The highest BCUT2D eigenvalue weighted by atomic mass is 32.2. The number of amides is 2. The zero-order valence-corrected chi connectivity index (χ0v) is 18.1. The first kappa shape index (κ1) is 23.2. The van der Waals surface area contributed by atoms with Crippen molar-refractivity contribution in [1.29, 1.82) is 0 Å². The fraction of sp³-hybridized carbons (Fsp3) is 0.333. The maximum absolute atomic E-state index is 12.6. The summed E-state index contributed by atoms with van der Waals surface area (Å²) in [6.45, 7) is -0.283. The summed E-state index contributed by atoms with van der Waals surface area (Å²) in [5, 5.41) is 2.26. The number of benzene rings is 1. The number of urea groups is 1. The Labute approximate surface area is 173 Å². The van der Waals surface area contributed by atoms with Crippen molar-refractivity contribution in [2.45, 2.75) is 16.3 Å². The molecule has 0 spiro atoms. The Morgan fingerprint density at radius 3 is 2.00 bits per heavy atom. The van der Waals surface area contributed by atoms with Gasteiger partial charge in [0.25, 0.3) is 10.0 Å². The zero-order chi connectivity index (χ0) is 22.5. The molecule has 30 heavy (non-hydrogen) atoms. The number of methoxy groups -OCH3 is 2. The van der Waals surface area contributed by atoms with Gasteiger partial charge in [0.1, 0.15) is 9.79 Å². The molecule has 0 bridgehead atoms. The lowest BCUT2D eigenvalue weighted by Crippen LogP contribution is -2.40. The van der Waals surface area contributed by atoms with Gasteiger partial charge in [0.05, 0.1) is 20.8 Å². The summed E-state index contributed by atoms with van der Waals surface area (Å²) < 4.78 is 62.4. The first-order valence-corrected chi connectivity index (χ1v) is 11.1. The highest BCUT2D eigenvalue weighted by Crippen LogP contribution is 2.22. The van der Waals surface area contributed by atoms with E-state index in [-0.39, 0.29) is 24.4 Å². The van der Waals surface area contributed by atoms with Gasteiger partial charge >= 0.3 is 18.1 Å². The van der Waals surface area contributed by atoms with Crippen LogP contribution in [0.15, 0.2) is 34.1 Å². The summed E-state index contributed by atoms with van der Waals surface area (Å²) >= 11 is 0. The molecule has 0 fully saturated rings. The summed E-state index contributed by atoms with van der Waals surface area (Å²) in [6.07, 6.45) is 0. The molecule has 0 aliphatic heterocycles. The molecule has 2 aromatic rings. The van der Waals surface area contributed by atoms with Crippen molar-refractivity contribution in [3.05, 3.63) is 30.1 Å². The molecule has 1 aromatic carbocycles. The van der Waals surface area contributed by atoms with Crippen LogP contribution in [0, 0.1) is 0 Å². The molecule has 15 heteroatoms. The predicted octanol–water partition coefficient (Wildman–Crippen LogP) is -0.673. The molecule has 2 amide bonds. The number of nitrogens with zero attached hydrogens (tertiary/aromatic N) is 4. The van der Waals surface area contributed by atoms with Crippen LogP contribution in [0.1, 0.15) is 5.82 Å². The molecule has 0 saturated carbocycles. The number of ether oxygens (including phenoxy) is 2. The second kappa shape index (κ2) is 9.19. The fourth-order valence-corrected chi connectivity index (χ4v) is 4.72. The van der Waals surface area contributed by atoms with Gasteiger partial charge in [0, 0.05) is 14.1 Å². The van der Waals surface area contributed by atoms with Crippen LogP contribution in [-0.2, 0) is 26.6 Å². The predicted molar refractivity (Wildman–Crippen MR) is 103 cm³/mol. The van der Waals surface area contributed by atoms with Crippen LogP contribution >= 0.6 is 0 Å². The van der Waals surface area contributed by atoms with Crippen LogP contribution in [0.3, 0.4) is 0 Å². The normalized spacial score (nSPS) is 11.8. The van der Waals surface area contributed by atoms with Gasteiger partial charge in [-0.1, -0.05) is 12.1 Å². The minimum absolute atomic E-state index is 0.0434. The molecule has 0 aliphatic carbocycles. The first-order chi connectivity index (χ1) is 14.0. The molecule has 1 aromatic heterocycles. The Morgan fingerprint density at radius 2 is 1.50 bits per heavy atom. The maximum Gasteiger partial charge on any atom is 0.329 e. The van der Waals surface area contributed by atoms with Gasteiger partial charge in [-0.15, -0.1) is 4.98 Å². The monoisotopic (exact) mass is 460 g/mol. The van der Waals surface area contributed by atoms with Gasteiger partial charge in [-0.05, 0) is 12.1 Å². The molecule has 0 radical (unpaired) electrons. The highest BCUT2D eigenvalue weighted by Gasteiger charge is 2.29. The highest BCUT2D eigenvalue weighted by molar-refractivity contribution is 7.92. The number of carbonyl (C=O) groups excluding carboxylic acids is 1. The third-order valence-electron chi connectivity index (χ3n) is 3.54. The topological polar surface area (TPSA) is 170 Å². The van der Waals surface area contributed by atoms with Crippen LogP contribution < -0.4 is 19.5 Å². The van der Waals surface area contributed by atoms with Crippen LogP contribution in [0.25, 0.3) is 0 Å². The lowest BCUT2D eigenvalue weighted by Gasteiger charge is -2.15. The lowest BCUT2D eigenvalue weighted by atomic mass is 10.4. The van der Waals surface area contributed by atoms with Gasteiger partial charge < -0.3 is 14.8 Å². The number of rotatable bonds is 8. The standard InChI is InChI=1S/C15H20N6O7S2/c1-21(2)30(25,26)11-8-6-5-7-10(11)29(23,24)20-13(22)16-9-12-17-14(27-3)19-15(18-12)28-4/h5-8H,9H2,1-4H3,(H2,16,20,22). The quantitative estimate of drug-likeness (QED) is 0.515. The molecule has 0 unspecified atom stereocenters. The average molecular weight is 460 g/mol. The van der Waals surface area contributed by atoms with Gasteiger partial charge in [0.15, 0.2) is 5.82 Å². The lowest BCUT2D eigenvalue weighted by molar-refractivity contribution is 0.245. The average Bonchev–Trinajstić information content (AvgIpc) is 2.71. The van der Waals surface area contributed by atoms with Crippen molar-refractivity contribution in [3.63, 3.8) is 0 Å². The zero-order valence-electron chi connectivity index (χ0n) is 16.5. The molecular weight excluding hydrogens is 440 g/mol. The third-order valence-corrected chi connectivity index (χ3v) is 6.93. The van der Waals surface area contributed by atoms with E-state index in [1.54, 1.807) is 4.72 Å². The second-order valence-corrected chi connectivity index (χ2v) is 9.52. The number of hydrogen-bond donors (Lipinski definition) is 2. The summed E-state index contributed by atoms with van der Waals surface area (Å²) in [4.78, 5) is 22.6. The number of sulfonamides is 2. The molecule has 1 heterocycles. The van der Waals surface area contributed by atoms with Crippen molar-refractivity contribution in [2.24, 2.45) is 0 Å². The molecule has 0 saturated heterocycles. The van der Waals surface area contributed by atoms with Crippen molar-refractivity contribution in [1.82, 2.24) is 29.3 Å². The largest absolute Gasteiger partial charge is 0.467 e. The Bertz CT molecular complexity index is 1110. The van der Waals surface area contributed by atoms with Gasteiger partial charge in [-0.25, -0.2) is 30.7 Å². The molecule has 2 N–H and O–H groups in total. The number of hydrogen-bond acceptors (Lipinski definition) is 10. The molecule has 0 aliphatic rings. The van der Waals surface area contributed by atoms with Crippen molar-refractivity contribution in [2.75, 3.05) is 28.3 Å². The smallest absolute Gasteiger partial charge is 0.329 e. The van der Waals surface area contributed by atoms with E-state index in [1.807, 2.05) is 0 Å². The van der Waals surface area contributed by atoms with E-state index in [9.17, 15) is 21.6 Å². The van der Waals surface area contributed by atoms with Crippen molar-refractivity contribution >= 4 is 26.1 Å². The van der Waals surface area contributed by atoms with E-state index >= 15 is 0 Å². The Balaban J connectivity index is 2.20. The van der Waals surface area contributed by atoms with E-state index in [0.717, 1.165) is 16.4 Å². The minimum atomic E-state index is -4.51. The first-order valence-electron chi connectivity index (χ1n) is 8.16. The third kappa shape index (κ3) is 5.31. The van der Waals surface area contributed by atoms with Crippen LogP contribution in [-0.4, -0.2) is 70.4 Å². The molecule has 13 nitrogen and oxygen atoms in total. The van der Waals surface area contributed by atoms with Gasteiger partial charge in [0.2, 0.25) is 10.0 Å². The Morgan fingerprint density at radius 1 is 0.967 bits per heavy atom. The van der Waals surface area contributed by atoms with Crippen LogP contribution in [0.5, 0.6) is 12.0 Å². The van der Waals surface area contributed by atoms with Crippen molar-refractivity contribution in [3.8, 4) is 12.0 Å². The Hall–Kier alpha value is -3.04. The number of aromatic nitrogens is 3. The summed E-state index contributed by atoms with van der Waals surface area (Å²) in [5.41, 5.74) is 0. The maximum atomic E-state index is 12.6. The molecule has 2 rings (SSSR count). The molecule has 0 atom stereocenters. The van der Waals surface area contributed by atoms with E-state index in [4.69, 9.17) is 9.47 Å². The van der Waals surface area contributed by atoms with Crippen LogP contribution in [0.2, 0.25) is 0 Å². The van der Waals surface area contributed by atoms with Gasteiger partial charge in [-0.2, -0.15) is 9.97 Å². The van der Waals surface area contributed by atoms with E-state index < -0.39 is 35.9 Å². The minimum Gasteiger partial charge on any atom is -0.467 e. The van der Waals surface area contributed by atoms with E-state index in [2.05, 4.69) is 20.3 Å². The molecule has 164 valence electrons. The Kier molecular flexibility index (Phi) is 7.12. The summed E-state index contributed by atoms with van der Waals surface area (Å²) in [6, 6.07) is 3.68. The van der Waals surface area contributed by atoms with Crippen LogP contribution in [0.4, 0.5) is 4.79 Å².